The number of hydrogen-bond donors (Lipinski definition) is 2. The summed E-state index contributed by atoms with van der Waals surface area (Å²) in [6.07, 6.45) is 2.31. The molecule has 0 atom stereocenters. The quantitative estimate of drug-likeness (QED) is 0.611. The lowest BCUT2D eigenvalue weighted by atomic mass is 10.1. The third-order valence-electron chi connectivity index (χ3n) is 2.73. The maximum atomic E-state index is 6.00. The molecule has 0 bridgehead atoms. The van der Waals surface area contributed by atoms with E-state index >= 15 is 0 Å². The fraction of sp³-hybridized carbons (Fsp3) is 0.625. The van der Waals surface area contributed by atoms with E-state index in [1.165, 1.54) is 5.56 Å². The molecule has 1 rings (SSSR count). The monoisotopic (exact) mass is 264 g/mol. The first-order chi connectivity index (χ1) is 8.78. The molecule has 3 heteroatoms. The van der Waals surface area contributed by atoms with Gasteiger partial charge in [0.25, 0.3) is 0 Å². The summed E-state index contributed by atoms with van der Waals surface area (Å²) in [6, 6.07) is 6.10. The van der Waals surface area contributed by atoms with Gasteiger partial charge >= 0.3 is 0 Å². The van der Waals surface area contributed by atoms with E-state index < -0.39 is 0 Å². The largest absolute Gasteiger partial charge is 0.489 e. The summed E-state index contributed by atoms with van der Waals surface area (Å²) < 4.78 is 5.63. The minimum Gasteiger partial charge on any atom is -0.489 e. The van der Waals surface area contributed by atoms with Crippen molar-refractivity contribution in [1.82, 2.24) is 5.32 Å². The molecular formula is C16H28N2O. The van der Waals surface area contributed by atoms with E-state index in [4.69, 9.17) is 10.5 Å². The minimum absolute atomic E-state index is 0.157. The second-order valence-corrected chi connectivity index (χ2v) is 6.32. The molecule has 1 aromatic rings. The highest BCUT2D eigenvalue weighted by molar-refractivity contribution is 5.54. The van der Waals surface area contributed by atoms with Crippen LogP contribution in [0.4, 0.5) is 5.69 Å². The zero-order valence-corrected chi connectivity index (χ0v) is 12.9. The van der Waals surface area contributed by atoms with Crippen molar-refractivity contribution >= 4 is 5.69 Å². The Morgan fingerprint density at radius 1 is 1.26 bits per heavy atom. The third kappa shape index (κ3) is 6.48. The highest BCUT2D eigenvalue weighted by Crippen LogP contribution is 2.24. The number of nitrogens with one attached hydrogen (secondary N) is 1. The summed E-state index contributed by atoms with van der Waals surface area (Å²) in [4.78, 5) is 0. The molecule has 0 aliphatic carbocycles. The van der Waals surface area contributed by atoms with E-state index in [2.05, 4.69) is 32.2 Å². The van der Waals surface area contributed by atoms with Crippen LogP contribution in [0.3, 0.4) is 0 Å². The predicted molar refractivity (Wildman–Crippen MR) is 82.7 cm³/mol. The molecule has 0 heterocycles. The lowest BCUT2D eigenvalue weighted by Crippen LogP contribution is -2.36. The molecule has 0 radical (unpaired) electrons. The van der Waals surface area contributed by atoms with Crippen molar-refractivity contribution in [2.24, 2.45) is 0 Å². The van der Waals surface area contributed by atoms with Crippen molar-refractivity contribution in [2.75, 3.05) is 12.3 Å². The summed E-state index contributed by atoms with van der Waals surface area (Å²) in [6.45, 7) is 11.6. The molecule has 0 amide bonds. The standard InChI is InChI=1S/C16H28N2O/c1-12(2)19-15-9-8-13(11-14(15)17)7-6-10-18-16(3,4)5/h8-9,11-12,18H,6-7,10,17H2,1-5H3. The maximum Gasteiger partial charge on any atom is 0.142 e. The molecule has 0 aliphatic heterocycles. The van der Waals surface area contributed by atoms with Gasteiger partial charge in [-0.25, -0.2) is 0 Å². The van der Waals surface area contributed by atoms with Gasteiger partial charge in [-0.1, -0.05) is 6.07 Å². The molecule has 0 unspecified atom stereocenters. The normalized spacial score (nSPS) is 11.9. The number of nitrogen functional groups attached to an aromatic ring is 1. The van der Waals surface area contributed by atoms with E-state index in [0.29, 0.717) is 0 Å². The van der Waals surface area contributed by atoms with Gasteiger partial charge in [-0.2, -0.15) is 0 Å². The summed E-state index contributed by atoms with van der Waals surface area (Å²) in [7, 11) is 0. The van der Waals surface area contributed by atoms with Gasteiger partial charge in [0.2, 0.25) is 0 Å². The van der Waals surface area contributed by atoms with Crippen molar-refractivity contribution in [3.63, 3.8) is 0 Å². The van der Waals surface area contributed by atoms with Crippen LogP contribution in [0.15, 0.2) is 18.2 Å². The SMILES string of the molecule is CC(C)Oc1ccc(CCCNC(C)(C)C)cc1N. The first kappa shape index (κ1) is 15.8. The van der Waals surface area contributed by atoms with Crippen LogP contribution in [-0.2, 0) is 6.42 Å². The topological polar surface area (TPSA) is 47.3 Å². The molecule has 0 spiro atoms. The Hall–Kier alpha value is -1.22. The van der Waals surface area contributed by atoms with Gasteiger partial charge in [-0.05, 0) is 71.7 Å². The first-order valence-corrected chi connectivity index (χ1v) is 7.08. The Balaban J connectivity index is 2.45. The molecule has 3 nitrogen and oxygen atoms in total. The van der Waals surface area contributed by atoms with Crippen LogP contribution in [0.1, 0.15) is 46.6 Å². The van der Waals surface area contributed by atoms with Crippen LogP contribution < -0.4 is 15.8 Å². The fourth-order valence-electron chi connectivity index (χ4n) is 1.87. The van der Waals surface area contributed by atoms with Crippen molar-refractivity contribution in [3.8, 4) is 5.75 Å². The van der Waals surface area contributed by atoms with E-state index in [1.54, 1.807) is 0 Å². The van der Waals surface area contributed by atoms with Crippen molar-refractivity contribution in [2.45, 2.75) is 59.1 Å². The third-order valence-corrected chi connectivity index (χ3v) is 2.73. The molecule has 0 fully saturated rings. The summed E-state index contributed by atoms with van der Waals surface area (Å²) in [5.74, 6) is 0.784. The first-order valence-electron chi connectivity index (χ1n) is 7.08. The number of hydrogen-bond acceptors (Lipinski definition) is 3. The molecule has 3 N–H and O–H groups in total. The molecular weight excluding hydrogens is 236 g/mol. The van der Waals surface area contributed by atoms with Crippen LogP contribution >= 0.6 is 0 Å². The van der Waals surface area contributed by atoms with Crippen LogP contribution in [0.2, 0.25) is 0 Å². The minimum atomic E-state index is 0.157. The molecule has 1 aromatic carbocycles. The van der Waals surface area contributed by atoms with Gasteiger partial charge in [0, 0.05) is 5.54 Å². The van der Waals surface area contributed by atoms with Crippen molar-refractivity contribution in [3.05, 3.63) is 23.8 Å². The van der Waals surface area contributed by atoms with Gasteiger partial charge in [-0.15, -0.1) is 0 Å². The maximum absolute atomic E-state index is 6.00. The van der Waals surface area contributed by atoms with E-state index in [0.717, 1.165) is 30.8 Å². The fourth-order valence-corrected chi connectivity index (χ4v) is 1.87. The van der Waals surface area contributed by atoms with Crippen LogP contribution in [-0.4, -0.2) is 18.2 Å². The molecule has 0 saturated heterocycles. The predicted octanol–water partition coefficient (Wildman–Crippen LogP) is 3.38. The summed E-state index contributed by atoms with van der Waals surface area (Å²) in [5, 5.41) is 3.49. The molecule has 0 aromatic heterocycles. The van der Waals surface area contributed by atoms with Gasteiger partial charge < -0.3 is 15.8 Å². The van der Waals surface area contributed by atoms with Crippen molar-refractivity contribution < 1.29 is 4.74 Å². The number of nitrogens with two attached hydrogens (primary N) is 1. The Morgan fingerprint density at radius 2 is 1.95 bits per heavy atom. The van der Waals surface area contributed by atoms with Crippen LogP contribution in [0.5, 0.6) is 5.75 Å². The second kappa shape index (κ2) is 6.80. The second-order valence-electron chi connectivity index (χ2n) is 6.32. The summed E-state index contributed by atoms with van der Waals surface area (Å²) >= 11 is 0. The molecule has 108 valence electrons. The average molecular weight is 264 g/mol. The van der Waals surface area contributed by atoms with Gasteiger partial charge in [0.05, 0.1) is 11.8 Å². The molecule has 19 heavy (non-hydrogen) atoms. The average Bonchev–Trinajstić information content (AvgIpc) is 2.26. The Labute approximate surface area is 117 Å². The Kier molecular flexibility index (Phi) is 5.67. The van der Waals surface area contributed by atoms with Gasteiger partial charge in [-0.3, -0.25) is 0 Å². The zero-order valence-electron chi connectivity index (χ0n) is 12.9. The van der Waals surface area contributed by atoms with E-state index in [-0.39, 0.29) is 11.6 Å². The summed E-state index contributed by atoms with van der Waals surface area (Å²) in [5.41, 5.74) is 8.19. The Morgan fingerprint density at radius 3 is 2.47 bits per heavy atom. The highest BCUT2D eigenvalue weighted by atomic mass is 16.5. The van der Waals surface area contributed by atoms with Gasteiger partial charge in [0.1, 0.15) is 5.75 Å². The van der Waals surface area contributed by atoms with Gasteiger partial charge in [0.15, 0.2) is 0 Å². The number of aryl methyl sites for hydroxylation is 1. The van der Waals surface area contributed by atoms with Crippen molar-refractivity contribution in [1.29, 1.82) is 0 Å². The van der Waals surface area contributed by atoms with E-state index in [9.17, 15) is 0 Å². The van der Waals surface area contributed by atoms with E-state index in [1.807, 2.05) is 26.0 Å². The number of rotatable bonds is 6. The molecule has 0 saturated carbocycles. The lowest BCUT2D eigenvalue weighted by Gasteiger charge is -2.20. The highest BCUT2D eigenvalue weighted by Gasteiger charge is 2.08. The molecule has 0 aliphatic rings. The van der Waals surface area contributed by atoms with Crippen LogP contribution in [0, 0.1) is 0 Å². The number of ether oxygens (including phenoxy) is 1. The lowest BCUT2D eigenvalue weighted by molar-refractivity contribution is 0.244. The number of benzene rings is 1. The van der Waals surface area contributed by atoms with Crippen LogP contribution in [0.25, 0.3) is 0 Å². The smallest absolute Gasteiger partial charge is 0.142 e. The zero-order chi connectivity index (χ0) is 14.5. The number of anilines is 1. The Bertz CT molecular complexity index is 394.